The van der Waals surface area contributed by atoms with Crippen LogP contribution in [-0.4, -0.2) is 59.2 Å². The lowest BCUT2D eigenvalue weighted by atomic mass is 9.84. The molecule has 1 N–H and O–H groups in total. The molecule has 37 heavy (non-hydrogen) atoms. The average Bonchev–Trinajstić information content (AvgIpc) is 3.60. The number of benzene rings is 1. The van der Waals surface area contributed by atoms with E-state index in [0.29, 0.717) is 6.61 Å². The van der Waals surface area contributed by atoms with E-state index >= 15 is 0 Å². The zero-order valence-corrected chi connectivity index (χ0v) is 22.2. The van der Waals surface area contributed by atoms with Crippen molar-refractivity contribution in [1.82, 2.24) is 20.2 Å². The molecule has 1 aliphatic carbocycles. The first-order chi connectivity index (χ1) is 18.2. The number of hydrogen-bond donors (Lipinski definition) is 1. The summed E-state index contributed by atoms with van der Waals surface area (Å²) < 4.78 is 11.6. The van der Waals surface area contributed by atoms with Crippen molar-refractivity contribution in [3.63, 3.8) is 0 Å². The van der Waals surface area contributed by atoms with Gasteiger partial charge in [0.2, 0.25) is 0 Å². The van der Waals surface area contributed by atoms with Crippen molar-refractivity contribution >= 4 is 28.1 Å². The molecule has 1 aromatic carbocycles. The molecule has 1 amide bonds. The number of carbonyl (C=O) groups is 1. The largest absolute Gasteiger partial charge is 0.467 e. The van der Waals surface area contributed by atoms with Gasteiger partial charge in [-0.05, 0) is 82.0 Å². The Balaban J connectivity index is 0.937. The summed E-state index contributed by atoms with van der Waals surface area (Å²) in [4.78, 5) is 26.1. The fourth-order valence-electron chi connectivity index (χ4n) is 5.95. The van der Waals surface area contributed by atoms with Gasteiger partial charge in [-0.3, -0.25) is 14.7 Å². The number of hydrogen-bond acceptors (Lipinski definition) is 7. The number of pyridine rings is 1. The van der Waals surface area contributed by atoms with Gasteiger partial charge in [0.25, 0.3) is 11.1 Å². The highest BCUT2D eigenvalue weighted by molar-refractivity contribution is 7.13. The van der Waals surface area contributed by atoms with Crippen molar-refractivity contribution in [1.29, 1.82) is 0 Å². The molecule has 0 bridgehead atoms. The molecule has 196 valence electrons. The first-order valence-electron chi connectivity index (χ1n) is 13.8. The maximum absolute atomic E-state index is 13.0. The summed E-state index contributed by atoms with van der Waals surface area (Å²) >= 11 is 1.72. The quantitative estimate of drug-likeness (QED) is 0.451. The Hall–Kier alpha value is -2.55. The SMILES string of the molecule is O=C(N[C@H]1CC[C@H](CCN2CCc3sc(OCC4CCCO4)nc3C2)CC1)c1cccc2ncccc12. The number of nitrogens with zero attached hydrogens (tertiary/aromatic N) is 3. The molecule has 6 rings (SSSR count). The highest BCUT2D eigenvalue weighted by Gasteiger charge is 2.26. The number of amides is 1. The summed E-state index contributed by atoms with van der Waals surface area (Å²) in [7, 11) is 0. The Kier molecular flexibility index (Phi) is 7.67. The van der Waals surface area contributed by atoms with E-state index in [-0.39, 0.29) is 18.1 Å². The first-order valence-corrected chi connectivity index (χ1v) is 14.6. The van der Waals surface area contributed by atoms with Gasteiger partial charge in [0.15, 0.2) is 0 Å². The standard InChI is InChI=1S/C29H36N4O3S/c34-28(24-5-1-7-25-23(24)6-2-14-30-25)31-21-10-8-20(9-11-21)12-15-33-16-13-27-26(18-33)32-29(37-27)36-19-22-4-3-17-35-22/h1-2,5-7,14,20-22H,3-4,8-13,15-19H2,(H,31,34)/t20-,21-,22?. The molecule has 3 aromatic rings. The lowest BCUT2D eigenvalue weighted by Gasteiger charge is -2.32. The third kappa shape index (κ3) is 5.97. The van der Waals surface area contributed by atoms with Crippen LogP contribution in [0.5, 0.6) is 5.19 Å². The van der Waals surface area contributed by atoms with E-state index in [2.05, 4.69) is 15.2 Å². The first kappa shape index (κ1) is 24.8. The highest BCUT2D eigenvalue weighted by Crippen LogP contribution is 2.32. The fraction of sp³-hybridized carbons (Fsp3) is 0.552. The third-order valence-electron chi connectivity index (χ3n) is 8.13. The molecule has 2 aliphatic heterocycles. The summed E-state index contributed by atoms with van der Waals surface area (Å²) in [5.41, 5.74) is 2.79. The molecule has 1 unspecified atom stereocenters. The average molecular weight is 521 g/mol. The molecule has 3 aliphatic rings. The van der Waals surface area contributed by atoms with E-state index in [0.717, 1.165) is 85.9 Å². The number of rotatable bonds is 8. The van der Waals surface area contributed by atoms with E-state index in [1.807, 2.05) is 30.3 Å². The van der Waals surface area contributed by atoms with Crippen LogP contribution in [0.3, 0.4) is 0 Å². The minimum atomic E-state index is 0.0218. The second-order valence-corrected chi connectivity index (χ2v) is 11.7. The van der Waals surface area contributed by atoms with Gasteiger partial charge in [-0.2, -0.15) is 0 Å². The van der Waals surface area contributed by atoms with Crippen LogP contribution in [0.2, 0.25) is 0 Å². The molecule has 1 saturated carbocycles. The van der Waals surface area contributed by atoms with E-state index in [1.54, 1.807) is 17.5 Å². The van der Waals surface area contributed by atoms with Crippen molar-refractivity contribution in [3.05, 3.63) is 52.7 Å². The molecule has 4 heterocycles. The molecule has 1 atom stereocenters. The lowest BCUT2D eigenvalue weighted by molar-refractivity contribution is 0.0677. The van der Waals surface area contributed by atoms with Crippen molar-refractivity contribution in [2.75, 3.05) is 26.3 Å². The number of fused-ring (bicyclic) bond motifs is 2. The van der Waals surface area contributed by atoms with Gasteiger partial charge in [-0.15, -0.1) is 0 Å². The Morgan fingerprint density at radius 1 is 1.16 bits per heavy atom. The minimum Gasteiger partial charge on any atom is -0.467 e. The Morgan fingerprint density at radius 3 is 2.95 bits per heavy atom. The van der Waals surface area contributed by atoms with Crippen LogP contribution in [0.4, 0.5) is 0 Å². The smallest absolute Gasteiger partial charge is 0.273 e. The zero-order chi connectivity index (χ0) is 25.0. The molecule has 2 aromatic heterocycles. The summed E-state index contributed by atoms with van der Waals surface area (Å²) in [5.74, 6) is 0.755. The van der Waals surface area contributed by atoms with Crippen molar-refractivity contribution in [2.45, 2.75) is 70.1 Å². The molecular weight excluding hydrogens is 484 g/mol. The third-order valence-corrected chi connectivity index (χ3v) is 9.20. The van der Waals surface area contributed by atoms with Crippen LogP contribution in [0.1, 0.15) is 65.9 Å². The molecule has 0 spiro atoms. The summed E-state index contributed by atoms with van der Waals surface area (Å²) in [6.07, 6.45) is 11.0. The fourth-order valence-corrected chi connectivity index (χ4v) is 6.86. The lowest BCUT2D eigenvalue weighted by Crippen LogP contribution is -2.38. The molecular formula is C29H36N4O3S. The summed E-state index contributed by atoms with van der Waals surface area (Å²) in [6, 6.07) is 9.89. The van der Waals surface area contributed by atoms with Gasteiger partial charge in [0, 0.05) is 47.8 Å². The summed E-state index contributed by atoms with van der Waals surface area (Å²) in [6.45, 7) is 4.63. The number of nitrogens with one attached hydrogen (secondary N) is 1. The predicted octanol–water partition coefficient (Wildman–Crippen LogP) is 4.99. The molecule has 7 nitrogen and oxygen atoms in total. The van der Waals surface area contributed by atoms with Crippen LogP contribution < -0.4 is 10.1 Å². The van der Waals surface area contributed by atoms with Crippen LogP contribution in [0, 0.1) is 5.92 Å². The van der Waals surface area contributed by atoms with Crippen molar-refractivity contribution < 1.29 is 14.3 Å². The second kappa shape index (κ2) is 11.5. The maximum atomic E-state index is 13.0. The number of ether oxygens (including phenoxy) is 2. The van der Waals surface area contributed by atoms with Gasteiger partial charge in [-0.1, -0.05) is 23.5 Å². The van der Waals surface area contributed by atoms with Gasteiger partial charge >= 0.3 is 0 Å². The topological polar surface area (TPSA) is 76.6 Å². The Bertz CT molecular complexity index is 1210. The minimum absolute atomic E-state index is 0.0218. The number of carbonyl (C=O) groups excluding carboxylic acids is 1. The van der Waals surface area contributed by atoms with E-state index in [4.69, 9.17) is 14.5 Å². The summed E-state index contributed by atoms with van der Waals surface area (Å²) in [5, 5.41) is 5.02. The monoisotopic (exact) mass is 520 g/mol. The Morgan fingerprint density at radius 2 is 2.08 bits per heavy atom. The van der Waals surface area contributed by atoms with Gasteiger partial charge in [-0.25, -0.2) is 4.98 Å². The van der Waals surface area contributed by atoms with E-state index < -0.39 is 0 Å². The predicted molar refractivity (Wildman–Crippen MR) is 145 cm³/mol. The number of aromatic nitrogens is 2. The highest BCUT2D eigenvalue weighted by atomic mass is 32.1. The van der Waals surface area contributed by atoms with E-state index in [1.165, 1.54) is 29.8 Å². The van der Waals surface area contributed by atoms with Gasteiger partial charge in [0.05, 0.1) is 17.3 Å². The molecule has 8 heteroatoms. The van der Waals surface area contributed by atoms with Crippen molar-refractivity contribution in [2.24, 2.45) is 5.92 Å². The molecule has 1 saturated heterocycles. The van der Waals surface area contributed by atoms with Crippen molar-refractivity contribution in [3.8, 4) is 5.19 Å². The van der Waals surface area contributed by atoms with E-state index in [9.17, 15) is 4.79 Å². The van der Waals surface area contributed by atoms with Crippen LogP contribution in [0.15, 0.2) is 36.5 Å². The molecule has 2 fully saturated rings. The number of thiazole rings is 1. The zero-order valence-electron chi connectivity index (χ0n) is 21.4. The molecule has 0 radical (unpaired) electrons. The normalized spacial score (nSPS) is 24.2. The van der Waals surface area contributed by atoms with Gasteiger partial charge < -0.3 is 14.8 Å². The second-order valence-electron chi connectivity index (χ2n) is 10.7. The van der Waals surface area contributed by atoms with Crippen LogP contribution in [-0.2, 0) is 17.7 Å². The van der Waals surface area contributed by atoms with Crippen LogP contribution in [0.25, 0.3) is 10.9 Å². The van der Waals surface area contributed by atoms with Gasteiger partial charge in [0.1, 0.15) is 6.61 Å². The Labute approximate surface area is 222 Å². The van der Waals surface area contributed by atoms with Crippen LogP contribution >= 0.6 is 11.3 Å². The maximum Gasteiger partial charge on any atom is 0.273 e.